The summed E-state index contributed by atoms with van der Waals surface area (Å²) in [6, 6.07) is 16.5. The zero-order valence-electron chi connectivity index (χ0n) is 15.1. The van der Waals surface area contributed by atoms with Crippen molar-refractivity contribution in [3.8, 4) is 11.1 Å². The van der Waals surface area contributed by atoms with Gasteiger partial charge in [-0.3, -0.25) is 4.79 Å². The molecule has 26 heavy (non-hydrogen) atoms. The van der Waals surface area contributed by atoms with Gasteiger partial charge in [0.05, 0.1) is 5.25 Å². The summed E-state index contributed by atoms with van der Waals surface area (Å²) >= 11 is 4.34. The molecule has 0 radical (unpaired) electrons. The summed E-state index contributed by atoms with van der Waals surface area (Å²) in [4.78, 5) is 24.1. The first-order valence-corrected chi connectivity index (χ1v) is 9.30. The molecule has 138 valence electrons. The van der Waals surface area contributed by atoms with Crippen molar-refractivity contribution in [1.29, 1.82) is 0 Å². The van der Waals surface area contributed by atoms with Crippen LogP contribution >= 0.6 is 12.6 Å². The molecular weight excluding hydrogens is 346 g/mol. The molecule has 5 heteroatoms. The average Bonchev–Trinajstić information content (AvgIpc) is 2.67. The Labute approximate surface area is 160 Å². The molecule has 2 rings (SSSR count). The maximum atomic E-state index is 12.4. The number of nitrogens with one attached hydrogen (secondary N) is 1. The first-order chi connectivity index (χ1) is 12.4. The Morgan fingerprint density at radius 3 is 2.31 bits per heavy atom. The van der Waals surface area contributed by atoms with E-state index in [1.165, 1.54) is 0 Å². The zero-order valence-corrected chi connectivity index (χ0v) is 15.9. The van der Waals surface area contributed by atoms with Crippen LogP contribution in [0.1, 0.15) is 25.8 Å². The maximum absolute atomic E-state index is 12.4. The molecule has 0 fully saturated rings. The number of hydrogen-bond donors (Lipinski definition) is 3. The summed E-state index contributed by atoms with van der Waals surface area (Å²) in [5.74, 6) is -1.32. The molecule has 0 aliphatic carbocycles. The highest BCUT2D eigenvalue weighted by atomic mass is 32.1. The largest absolute Gasteiger partial charge is 0.480 e. The van der Waals surface area contributed by atoms with E-state index in [1.54, 1.807) is 0 Å². The molecule has 0 heterocycles. The van der Waals surface area contributed by atoms with Gasteiger partial charge in [-0.05, 0) is 22.6 Å². The smallest absolute Gasteiger partial charge is 0.326 e. The lowest BCUT2D eigenvalue weighted by atomic mass is 9.95. The number of benzene rings is 2. The molecule has 0 aliphatic rings. The Hall–Kier alpha value is -2.27. The molecule has 2 N–H and O–H groups in total. The fraction of sp³-hybridized carbons (Fsp3) is 0.333. The van der Waals surface area contributed by atoms with Gasteiger partial charge in [-0.15, -0.1) is 0 Å². The van der Waals surface area contributed by atoms with Crippen LogP contribution in [0.25, 0.3) is 11.1 Å². The molecule has 0 saturated carbocycles. The summed E-state index contributed by atoms with van der Waals surface area (Å²) < 4.78 is 0. The molecule has 0 spiro atoms. The molecule has 2 aromatic rings. The Bertz CT molecular complexity index is 748. The van der Waals surface area contributed by atoms with Gasteiger partial charge >= 0.3 is 5.97 Å². The van der Waals surface area contributed by atoms with Crippen LogP contribution in [0.4, 0.5) is 0 Å². The van der Waals surface area contributed by atoms with Gasteiger partial charge in [0.15, 0.2) is 0 Å². The van der Waals surface area contributed by atoms with Crippen LogP contribution in [-0.4, -0.2) is 28.3 Å². The minimum atomic E-state index is -1.05. The fourth-order valence-electron chi connectivity index (χ4n) is 2.76. The van der Waals surface area contributed by atoms with Crippen molar-refractivity contribution in [2.75, 3.05) is 0 Å². The molecule has 0 saturated heterocycles. The van der Waals surface area contributed by atoms with E-state index in [1.807, 2.05) is 68.4 Å². The zero-order chi connectivity index (χ0) is 19.1. The van der Waals surface area contributed by atoms with Crippen molar-refractivity contribution in [3.05, 3.63) is 60.2 Å². The van der Waals surface area contributed by atoms with E-state index in [-0.39, 0.29) is 18.2 Å². The van der Waals surface area contributed by atoms with Gasteiger partial charge in [-0.1, -0.05) is 74.9 Å². The van der Waals surface area contributed by atoms with Crippen LogP contribution in [0.5, 0.6) is 0 Å². The van der Waals surface area contributed by atoms with Crippen molar-refractivity contribution < 1.29 is 14.7 Å². The SMILES string of the molecule is CC[C@@H](C)[C@H](S)C(=O)N[C@@H](Cc1ccccc1-c1ccccc1)C(=O)O. The van der Waals surface area contributed by atoms with Crippen LogP contribution in [0.2, 0.25) is 0 Å². The molecule has 0 unspecified atom stereocenters. The summed E-state index contributed by atoms with van der Waals surface area (Å²) in [6.45, 7) is 3.91. The third-order valence-electron chi connectivity index (χ3n) is 4.59. The van der Waals surface area contributed by atoms with Gasteiger partial charge in [0.25, 0.3) is 0 Å². The van der Waals surface area contributed by atoms with E-state index >= 15 is 0 Å². The van der Waals surface area contributed by atoms with E-state index in [4.69, 9.17) is 0 Å². The van der Waals surface area contributed by atoms with Crippen LogP contribution in [-0.2, 0) is 16.0 Å². The number of carboxylic acid groups (broad SMARTS) is 1. The Kier molecular flexibility index (Phi) is 7.27. The molecule has 4 nitrogen and oxygen atoms in total. The van der Waals surface area contributed by atoms with Crippen molar-refractivity contribution >= 4 is 24.5 Å². The summed E-state index contributed by atoms with van der Waals surface area (Å²) in [7, 11) is 0. The molecule has 0 aliphatic heterocycles. The van der Waals surface area contributed by atoms with Gasteiger partial charge in [0, 0.05) is 6.42 Å². The lowest BCUT2D eigenvalue weighted by molar-refractivity contribution is -0.141. The average molecular weight is 372 g/mol. The highest BCUT2D eigenvalue weighted by Crippen LogP contribution is 2.24. The molecule has 0 aromatic heterocycles. The van der Waals surface area contributed by atoms with Gasteiger partial charge in [0.2, 0.25) is 5.91 Å². The predicted molar refractivity (Wildman–Crippen MR) is 107 cm³/mol. The first kappa shape index (κ1) is 20.0. The first-order valence-electron chi connectivity index (χ1n) is 8.78. The van der Waals surface area contributed by atoms with E-state index in [9.17, 15) is 14.7 Å². The number of thiol groups is 1. The normalized spacial score (nSPS) is 14.3. The lowest BCUT2D eigenvalue weighted by Crippen LogP contribution is -2.46. The fourth-order valence-corrected chi connectivity index (χ4v) is 3.04. The van der Waals surface area contributed by atoms with E-state index in [2.05, 4.69) is 17.9 Å². The Balaban J connectivity index is 2.21. The second-order valence-electron chi connectivity index (χ2n) is 6.46. The lowest BCUT2D eigenvalue weighted by Gasteiger charge is -2.21. The minimum Gasteiger partial charge on any atom is -0.480 e. The predicted octanol–water partition coefficient (Wildman–Crippen LogP) is 3.81. The summed E-state index contributed by atoms with van der Waals surface area (Å²) in [5.41, 5.74) is 2.87. The number of carbonyl (C=O) groups excluding carboxylic acids is 1. The van der Waals surface area contributed by atoms with E-state index < -0.39 is 17.3 Å². The summed E-state index contributed by atoms with van der Waals surface area (Å²) in [6.07, 6.45) is 1.02. The van der Waals surface area contributed by atoms with Gasteiger partial charge < -0.3 is 10.4 Å². The standard InChI is InChI=1S/C21H25NO3S/c1-3-14(2)19(26)20(23)22-18(21(24)25)13-16-11-7-8-12-17(16)15-9-5-4-6-10-15/h4-12,14,18-19,26H,3,13H2,1-2H3,(H,22,23)(H,24,25)/t14-,18+,19+/m1/s1. The van der Waals surface area contributed by atoms with E-state index in [0.717, 1.165) is 23.1 Å². The molecule has 1 amide bonds. The summed E-state index contributed by atoms with van der Waals surface area (Å²) in [5, 5.41) is 11.7. The quantitative estimate of drug-likeness (QED) is 0.618. The highest BCUT2D eigenvalue weighted by molar-refractivity contribution is 7.81. The topological polar surface area (TPSA) is 66.4 Å². The third-order valence-corrected chi connectivity index (χ3v) is 5.34. The van der Waals surface area contributed by atoms with Gasteiger partial charge in [0.1, 0.15) is 6.04 Å². The number of amides is 1. The number of hydrogen-bond acceptors (Lipinski definition) is 3. The number of carbonyl (C=O) groups is 2. The van der Waals surface area contributed by atoms with Crippen molar-refractivity contribution in [3.63, 3.8) is 0 Å². The van der Waals surface area contributed by atoms with Crippen LogP contribution in [0.3, 0.4) is 0 Å². The molecule has 3 atom stereocenters. The second kappa shape index (κ2) is 9.43. The number of rotatable bonds is 8. The van der Waals surface area contributed by atoms with Crippen molar-refractivity contribution in [2.45, 2.75) is 38.0 Å². The Morgan fingerprint density at radius 2 is 1.69 bits per heavy atom. The van der Waals surface area contributed by atoms with Crippen molar-refractivity contribution in [1.82, 2.24) is 5.32 Å². The van der Waals surface area contributed by atoms with Crippen LogP contribution in [0, 0.1) is 5.92 Å². The molecule has 2 aromatic carbocycles. The molecule has 0 bridgehead atoms. The second-order valence-corrected chi connectivity index (χ2v) is 7.01. The van der Waals surface area contributed by atoms with Gasteiger partial charge in [-0.2, -0.15) is 12.6 Å². The minimum absolute atomic E-state index is 0.0735. The third kappa shape index (κ3) is 5.11. The van der Waals surface area contributed by atoms with Crippen molar-refractivity contribution in [2.24, 2.45) is 5.92 Å². The van der Waals surface area contributed by atoms with Crippen LogP contribution in [0.15, 0.2) is 54.6 Å². The number of aliphatic carboxylic acids is 1. The monoisotopic (exact) mass is 371 g/mol. The maximum Gasteiger partial charge on any atom is 0.326 e. The number of carboxylic acids is 1. The molecular formula is C21H25NO3S. The van der Waals surface area contributed by atoms with Crippen LogP contribution < -0.4 is 5.32 Å². The van der Waals surface area contributed by atoms with E-state index in [0.29, 0.717) is 0 Å². The Morgan fingerprint density at radius 1 is 1.08 bits per heavy atom. The highest BCUT2D eigenvalue weighted by Gasteiger charge is 2.26. The van der Waals surface area contributed by atoms with Gasteiger partial charge in [-0.25, -0.2) is 4.79 Å².